The molecule has 1 rings (SSSR count). The number of hydrogen-bond donors (Lipinski definition) is 2. The first kappa shape index (κ1) is 7.68. The molecule has 0 radical (unpaired) electrons. The molecule has 1 heterocycles. The van der Waals surface area contributed by atoms with E-state index in [9.17, 15) is 0 Å². The number of aliphatic hydroxyl groups is 1. The van der Waals surface area contributed by atoms with Crippen LogP contribution in [0.3, 0.4) is 0 Å². The summed E-state index contributed by atoms with van der Waals surface area (Å²) in [4.78, 5) is 3.97. The third-order valence-electron chi connectivity index (χ3n) is 1.29. The van der Waals surface area contributed by atoms with Crippen molar-refractivity contribution in [2.45, 2.75) is 25.4 Å². The molecule has 0 saturated carbocycles. The third-order valence-corrected chi connectivity index (χ3v) is 1.29. The standard InChI is InChI=1S/C6H10O4/c1-5(7)3-4-6(2,9-5)10-8/h3-4,7-8H,1-2H3. The molecule has 0 aliphatic carbocycles. The number of hydrogen-bond acceptors (Lipinski definition) is 4. The molecular weight excluding hydrogens is 136 g/mol. The van der Waals surface area contributed by atoms with Crippen LogP contribution in [0.4, 0.5) is 0 Å². The maximum absolute atomic E-state index is 9.16. The van der Waals surface area contributed by atoms with Gasteiger partial charge in [0.1, 0.15) is 0 Å². The van der Waals surface area contributed by atoms with Crippen LogP contribution in [0, 0.1) is 0 Å². The summed E-state index contributed by atoms with van der Waals surface area (Å²) in [6.45, 7) is 2.94. The van der Waals surface area contributed by atoms with Crippen molar-refractivity contribution in [3.63, 3.8) is 0 Å². The summed E-state index contributed by atoms with van der Waals surface area (Å²) in [7, 11) is 0. The zero-order valence-electron chi connectivity index (χ0n) is 5.87. The monoisotopic (exact) mass is 146 g/mol. The Bertz CT molecular complexity index is 163. The van der Waals surface area contributed by atoms with Gasteiger partial charge in [0, 0.05) is 0 Å². The van der Waals surface area contributed by atoms with Crippen molar-refractivity contribution in [1.82, 2.24) is 0 Å². The first-order valence-electron chi connectivity index (χ1n) is 2.93. The van der Waals surface area contributed by atoms with Gasteiger partial charge in [-0.1, -0.05) is 0 Å². The minimum atomic E-state index is -1.34. The Morgan fingerprint density at radius 3 is 2.20 bits per heavy atom. The van der Waals surface area contributed by atoms with E-state index in [1.807, 2.05) is 0 Å². The van der Waals surface area contributed by atoms with E-state index in [0.29, 0.717) is 0 Å². The summed E-state index contributed by atoms with van der Waals surface area (Å²) < 4.78 is 4.86. The lowest BCUT2D eigenvalue weighted by atomic mass is 10.3. The Balaban J connectivity index is 2.69. The largest absolute Gasteiger partial charge is 0.362 e. The first-order chi connectivity index (χ1) is 4.47. The summed E-state index contributed by atoms with van der Waals surface area (Å²) >= 11 is 0. The molecule has 0 aromatic carbocycles. The van der Waals surface area contributed by atoms with Crippen molar-refractivity contribution < 1.29 is 20.0 Å². The predicted molar refractivity (Wildman–Crippen MR) is 33.0 cm³/mol. The van der Waals surface area contributed by atoms with E-state index in [-0.39, 0.29) is 0 Å². The fourth-order valence-corrected chi connectivity index (χ4v) is 0.833. The minimum Gasteiger partial charge on any atom is -0.362 e. The van der Waals surface area contributed by atoms with E-state index in [1.54, 1.807) is 0 Å². The lowest BCUT2D eigenvalue weighted by Crippen LogP contribution is -2.33. The zero-order chi connectivity index (χ0) is 7.83. The van der Waals surface area contributed by atoms with Crippen molar-refractivity contribution in [2.75, 3.05) is 0 Å². The van der Waals surface area contributed by atoms with E-state index in [0.717, 1.165) is 0 Å². The van der Waals surface area contributed by atoms with Crippen LogP contribution in [-0.4, -0.2) is 21.9 Å². The van der Waals surface area contributed by atoms with Crippen molar-refractivity contribution >= 4 is 0 Å². The average Bonchev–Trinajstić information content (AvgIpc) is 2.08. The van der Waals surface area contributed by atoms with Gasteiger partial charge in [0.05, 0.1) is 0 Å². The Labute approximate surface area is 58.6 Å². The summed E-state index contributed by atoms with van der Waals surface area (Å²) in [6, 6.07) is 0. The van der Waals surface area contributed by atoms with Crippen LogP contribution in [0.1, 0.15) is 13.8 Å². The zero-order valence-corrected chi connectivity index (χ0v) is 5.87. The van der Waals surface area contributed by atoms with E-state index < -0.39 is 11.6 Å². The van der Waals surface area contributed by atoms with Crippen LogP contribution < -0.4 is 0 Å². The van der Waals surface area contributed by atoms with Crippen LogP contribution in [0.5, 0.6) is 0 Å². The average molecular weight is 146 g/mol. The van der Waals surface area contributed by atoms with Crippen molar-refractivity contribution in [3.05, 3.63) is 12.2 Å². The highest BCUT2D eigenvalue weighted by Gasteiger charge is 2.38. The van der Waals surface area contributed by atoms with Gasteiger partial charge in [-0.05, 0) is 26.0 Å². The van der Waals surface area contributed by atoms with Gasteiger partial charge in [-0.25, -0.2) is 5.26 Å². The van der Waals surface area contributed by atoms with Gasteiger partial charge >= 0.3 is 0 Å². The fraction of sp³-hybridized carbons (Fsp3) is 0.667. The lowest BCUT2D eigenvalue weighted by Gasteiger charge is -2.23. The molecule has 1 aliphatic heterocycles. The van der Waals surface area contributed by atoms with Crippen LogP contribution in [-0.2, 0) is 9.62 Å². The third kappa shape index (κ3) is 1.35. The second kappa shape index (κ2) is 2.03. The van der Waals surface area contributed by atoms with Gasteiger partial charge < -0.3 is 9.84 Å². The van der Waals surface area contributed by atoms with E-state index >= 15 is 0 Å². The molecule has 0 spiro atoms. The maximum Gasteiger partial charge on any atom is 0.220 e. The summed E-state index contributed by atoms with van der Waals surface area (Å²) in [5, 5.41) is 17.4. The maximum atomic E-state index is 9.16. The lowest BCUT2D eigenvalue weighted by molar-refractivity contribution is -0.403. The molecule has 2 atom stereocenters. The molecule has 4 nitrogen and oxygen atoms in total. The molecule has 0 bridgehead atoms. The number of rotatable bonds is 1. The molecule has 0 aromatic rings. The van der Waals surface area contributed by atoms with Gasteiger partial charge in [0.25, 0.3) is 0 Å². The van der Waals surface area contributed by atoms with Gasteiger partial charge in [-0.2, -0.15) is 4.89 Å². The van der Waals surface area contributed by atoms with Crippen LogP contribution in [0.15, 0.2) is 12.2 Å². The Hall–Kier alpha value is -0.420. The predicted octanol–water partition coefficient (Wildman–Crippen LogP) is 0.487. The Kier molecular flexibility index (Phi) is 1.56. The highest BCUT2D eigenvalue weighted by atomic mass is 17.1. The molecule has 58 valence electrons. The topological polar surface area (TPSA) is 58.9 Å². The quantitative estimate of drug-likeness (QED) is 0.321. The SMILES string of the molecule is CC1(O)C=CC(C)(OO)O1. The molecule has 0 fully saturated rings. The molecule has 10 heavy (non-hydrogen) atoms. The summed E-state index contributed by atoms with van der Waals surface area (Å²) in [5.41, 5.74) is 0. The molecule has 2 unspecified atom stereocenters. The second-order valence-corrected chi connectivity index (χ2v) is 2.60. The smallest absolute Gasteiger partial charge is 0.220 e. The minimum absolute atomic E-state index is 1.20. The molecule has 4 heteroatoms. The van der Waals surface area contributed by atoms with Crippen LogP contribution in [0.2, 0.25) is 0 Å². The van der Waals surface area contributed by atoms with Crippen molar-refractivity contribution in [1.29, 1.82) is 0 Å². The molecule has 0 aromatic heterocycles. The van der Waals surface area contributed by atoms with E-state index in [1.165, 1.54) is 26.0 Å². The molecule has 2 N–H and O–H groups in total. The highest BCUT2D eigenvalue weighted by Crippen LogP contribution is 2.28. The van der Waals surface area contributed by atoms with Crippen molar-refractivity contribution in [2.24, 2.45) is 0 Å². The van der Waals surface area contributed by atoms with Crippen LogP contribution in [0.25, 0.3) is 0 Å². The van der Waals surface area contributed by atoms with E-state index in [2.05, 4.69) is 4.89 Å². The molecular formula is C6H10O4. The van der Waals surface area contributed by atoms with Gasteiger partial charge in [0.15, 0.2) is 5.79 Å². The Morgan fingerprint density at radius 1 is 1.40 bits per heavy atom. The molecule has 1 aliphatic rings. The molecule has 0 amide bonds. The normalized spacial score (nSPS) is 46.4. The first-order valence-corrected chi connectivity index (χ1v) is 2.93. The number of ether oxygens (including phenoxy) is 1. The summed E-state index contributed by atoms with van der Waals surface area (Å²) in [5.74, 6) is -2.54. The summed E-state index contributed by atoms with van der Waals surface area (Å²) in [6.07, 6.45) is 2.84. The molecule has 0 saturated heterocycles. The van der Waals surface area contributed by atoms with Crippen molar-refractivity contribution in [3.8, 4) is 0 Å². The van der Waals surface area contributed by atoms with E-state index in [4.69, 9.17) is 15.1 Å². The highest BCUT2D eigenvalue weighted by molar-refractivity contribution is 5.07. The van der Waals surface area contributed by atoms with Crippen LogP contribution >= 0.6 is 0 Å². The fourth-order valence-electron chi connectivity index (χ4n) is 0.833. The van der Waals surface area contributed by atoms with Gasteiger partial charge in [-0.3, -0.25) is 0 Å². The Morgan fingerprint density at radius 2 is 2.00 bits per heavy atom. The van der Waals surface area contributed by atoms with Gasteiger partial charge in [-0.15, -0.1) is 0 Å². The second-order valence-electron chi connectivity index (χ2n) is 2.60. The van der Waals surface area contributed by atoms with Gasteiger partial charge in [0.2, 0.25) is 5.79 Å².